The van der Waals surface area contributed by atoms with Crippen LogP contribution in [0.15, 0.2) is 28.7 Å². The van der Waals surface area contributed by atoms with Gasteiger partial charge >= 0.3 is 0 Å². The Kier molecular flexibility index (Phi) is 4.04. The van der Waals surface area contributed by atoms with E-state index in [1.807, 2.05) is 0 Å². The lowest BCUT2D eigenvalue weighted by molar-refractivity contribution is 0.184. The normalized spacial score (nSPS) is 28.8. The first kappa shape index (κ1) is 12.1. The molecular weight excluding hydrogens is 262 g/mol. The van der Waals surface area contributed by atoms with Crippen LogP contribution < -0.4 is 5.32 Å². The van der Waals surface area contributed by atoms with E-state index in [0.29, 0.717) is 0 Å². The van der Waals surface area contributed by atoms with Crippen molar-refractivity contribution >= 4 is 15.9 Å². The minimum absolute atomic E-state index is 0.719. The van der Waals surface area contributed by atoms with Gasteiger partial charge in [-0.2, -0.15) is 0 Å². The summed E-state index contributed by atoms with van der Waals surface area (Å²) in [6, 6.07) is 9.34. The molecule has 0 amide bonds. The predicted octanol–water partition coefficient (Wildman–Crippen LogP) is 3.94. The second kappa shape index (κ2) is 5.33. The van der Waals surface area contributed by atoms with E-state index in [4.69, 9.17) is 0 Å². The van der Waals surface area contributed by atoms with Crippen molar-refractivity contribution in [3.8, 4) is 0 Å². The second-order valence-electron chi connectivity index (χ2n) is 4.78. The van der Waals surface area contributed by atoms with Crippen molar-refractivity contribution < 1.29 is 0 Å². The highest BCUT2D eigenvalue weighted by Crippen LogP contribution is 2.44. The largest absolute Gasteiger partial charge is 0.314 e. The first-order chi connectivity index (χ1) is 7.74. The van der Waals surface area contributed by atoms with Gasteiger partial charge in [0.15, 0.2) is 0 Å². The van der Waals surface area contributed by atoms with Crippen LogP contribution in [0.4, 0.5) is 0 Å². The Morgan fingerprint density at radius 3 is 2.75 bits per heavy atom. The van der Waals surface area contributed by atoms with Gasteiger partial charge in [-0.3, -0.25) is 0 Å². The van der Waals surface area contributed by atoms with Crippen LogP contribution in [0.2, 0.25) is 0 Å². The van der Waals surface area contributed by atoms with Gasteiger partial charge in [-0.1, -0.05) is 48.0 Å². The maximum atomic E-state index is 3.65. The summed E-state index contributed by atoms with van der Waals surface area (Å²) in [4.78, 5) is 0. The molecule has 1 aromatic rings. The first-order valence-corrected chi connectivity index (χ1v) is 7.01. The molecule has 1 aliphatic rings. The zero-order chi connectivity index (χ0) is 11.5. The summed E-state index contributed by atoms with van der Waals surface area (Å²) in [6.45, 7) is 5.74. The zero-order valence-electron chi connectivity index (χ0n) is 10.0. The van der Waals surface area contributed by atoms with Crippen molar-refractivity contribution in [2.75, 3.05) is 6.54 Å². The molecule has 0 aliphatic heterocycles. The molecule has 0 bridgehead atoms. The fourth-order valence-corrected chi connectivity index (χ4v) is 3.15. The molecule has 0 radical (unpaired) electrons. The molecule has 88 valence electrons. The maximum Gasteiger partial charge on any atom is 0.0210 e. The zero-order valence-corrected chi connectivity index (χ0v) is 11.6. The predicted molar refractivity (Wildman–Crippen MR) is 72.7 cm³/mol. The average molecular weight is 282 g/mol. The molecular formula is C14H20BrN. The molecule has 0 heterocycles. The quantitative estimate of drug-likeness (QED) is 0.882. The number of hydrogen-bond acceptors (Lipinski definition) is 1. The van der Waals surface area contributed by atoms with Crippen molar-refractivity contribution in [3.63, 3.8) is 0 Å². The van der Waals surface area contributed by atoms with E-state index in [0.717, 1.165) is 24.4 Å². The van der Waals surface area contributed by atoms with Crippen molar-refractivity contribution in [3.05, 3.63) is 34.3 Å². The summed E-state index contributed by atoms with van der Waals surface area (Å²) in [5, 5.41) is 3.62. The number of hydrogen-bond donors (Lipinski definition) is 1. The number of rotatable bonds is 4. The van der Waals surface area contributed by atoms with E-state index >= 15 is 0 Å². The lowest BCUT2D eigenvalue weighted by Gasteiger charge is -2.44. The van der Waals surface area contributed by atoms with Crippen molar-refractivity contribution in [2.24, 2.45) is 5.92 Å². The molecule has 16 heavy (non-hydrogen) atoms. The Morgan fingerprint density at radius 2 is 2.12 bits per heavy atom. The molecule has 1 N–H and O–H groups in total. The third kappa shape index (κ3) is 2.33. The summed E-state index contributed by atoms with van der Waals surface area (Å²) in [5.74, 6) is 1.48. The van der Waals surface area contributed by atoms with Crippen LogP contribution in [0.5, 0.6) is 0 Å². The van der Waals surface area contributed by atoms with Crippen LogP contribution in [0.1, 0.15) is 38.2 Å². The van der Waals surface area contributed by atoms with Gasteiger partial charge < -0.3 is 5.32 Å². The van der Waals surface area contributed by atoms with Gasteiger partial charge in [0.2, 0.25) is 0 Å². The monoisotopic (exact) mass is 281 g/mol. The van der Waals surface area contributed by atoms with E-state index in [2.05, 4.69) is 59.4 Å². The first-order valence-electron chi connectivity index (χ1n) is 6.21. The van der Waals surface area contributed by atoms with Gasteiger partial charge in [0.25, 0.3) is 0 Å². The summed E-state index contributed by atoms with van der Waals surface area (Å²) in [5.41, 5.74) is 1.48. The lowest BCUT2D eigenvalue weighted by atomic mass is 9.67. The van der Waals surface area contributed by atoms with Gasteiger partial charge in [0.05, 0.1) is 0 Å². The molecule has 3 atom stereocenters. The van der Waals surface area contributed by atoms with E-state index < -0.39 is 0 Å². The van der Waals surface area contributed by atoms with Crippen molar-refractivity contribution in [2.45, 2.75) is 38.6 Å². The molecule has 0 spiro atoms. The second-order valence-corrected chi connectivity index (χ2v) is 5.64. The van der Waals surface area contributed by atoms with E-state index in [1.165, 1.54) is 22.9 Å². The van der Waals surface area contributed by atoms with E-state index in [-0.39, 0.29) is 0 Å². The van der Waals surface area contributed by atoms with Crippen molar-refractivity contribution in [1.29, 1.82) is 0 Å². The Balaban J connectivity index is 1.97. The molecule has 1 aliphatic carbocycles. The molecule has 0 saturated heterocycles. The topological polar surface area (TPSA) is 12.0 Å². The number of halogens is 1. The van der Waals surface area contributed by atoms with Gasteiger partial charge in [-0.25, -0.2) is 0 Å². The highest BCUT2D eigenvalue weighted by molar-refractivity contribution is 9.10. The van der Waals surface area contributed by atoms with Crippen LogP contribution in [0.25, 0.3) is 0 Å². The molecule has 3 unspecified atom stereocenters. The average Bonchev–Trinajstić information content (AvgIpc) is 2.29. The summed E-state index contributed by atoms with van der Waals surface area (Å²) in [6.07, 6.45) is 2.51. The fourth-order valence-electron chi connectivity index (χ4n) is 2.57. The Labute approximate surface area is 107 Å². The molecule has 2 rings (SSSR count). The maximum absolute atomic E-state index is 3.65. The van der Waals surface area contributed by atoms with Gasteiger partial charge in [-0.15, -0.1) is 0 Å². The number of benzene rings is 1. The molecule has 2 heteroatoms. The van der Waals surface area contributed by atoms with Crippen LogP contribution in [-0.2, 0) is 0 Å². The van der Waals surface area contributed by atoms with E-state index in [1.54, 1.807) is 0 Å². The van der Waals surface area contributed by atoms with Crippen LogP contribution in [0.3, 0.4) is 0 Å². The molecule has 1 aromatic carbocycles. The molecule has 1 fully saturated rings. The number of nitrogens with one attached hydrogen (secondary N) is 1. The highest BCUT2D eigenvalue weighted by atomic mass is 79.9. The Bertz CT molecular complexity index is 350. The molecule has 1 nitrogen and oxygen atoms in total. The van der Waals surface area contributed by atoms with E-state index in [9.17, 15) is 0 Å². The summed E-state index contributed by atoms with van der Waals surface area (Å²) >= 11 is 3.65. The summed E-state index contributed by atoms with van der Waals surface area (Å²) in [7, 11) is 0. The van der Waals surface area contributed by atoms with Gasteiger partial charge in [-0.05, 0) is 42.9 Å². The van der Waals surface area contributed by atoms with Crippen LogP contribution >= 0.6 is 15.9 Å². The molecule has 1 saturated carbocycles. The SMILES string of the molecule is CCCNC1CC(c2ccccc2Br)C1C. The minimum atomic E-state index is 0.719. The molecule has 0 aromatic heterocycles. The lowest BCUT2D eigenvalue weighted by Crippen LogP contribution is -2.48. The minimum Gasteiger partial charge on any atom is -0.314 e. The van der Waals surface area contributed by atoms with Gasteiger partial charge in [0.1, 0.15) is 0 Å². The smallest absolute Gasteiger partial charge is 0.0210 e. The van der Waals surface area contributed by atoms with Crippen LogP contribution in [0, 0.1) is 5.92 Å². The Morgan fingerprint density at radius 1 is 1.38 bits per heavy atom. The fraction of sp³-hybridized carbons (Fsp3) is 0.571. The van der Waals surface area contributed by atoms with Crippen molar-refractivity contribution in [1.82, 2.24) is 5.32 Å². The third-order valence-corrected chi connectivity index (χ3v) is 4.46. The Hall–Kier alpha value is -0.340. The highest BCUT2D eigenvalue weighted by Gasteiger charge is 2.38. The standard InChI is InChI=1S/C14H20BrN/c1-3-8-16-14-9-12(10(14)2)11-6-4-5-7-13(11)15/h4-7,10,12,14,16H,3,8-9H2,1-2H3. The van der Waals surface area contributed by atoms with Gasteiger partial charge in [0, 0.05) is 10.5 Å². The van der Waals surface area contributed by atoms with Crippen LogP contribution in [-0.4, -0.2) is 12.6 Å². The summed E-state index contributed by atoms with van der Waals surface area (Å²) < 4.78 is 1.26. The third-order valence-electron chi connectivity index (χ3n) is 3.74.